The summed E-state index contributed by atoms with van der Waals surface area (Å²) < 4.78 is 45.8. The number of hydrogen-bond donors (Lipinski definition) is 4. The van der Waals surface area contributed by atoms with Crippen LogP contribution in [0.25, 0.3) is 33.7 Å². The van der Waals surface area contributed by atoms with E-state index in [2.05, 4.69) is 0 Å². The number of alkyl halides is 2. The Morgan fingerprint density at radius 3 is 1.63 bits per heavy atom. The third-order valence-electron chi connectivity index (χ3n) is 11.6. The Morgan fingerprint density at radius 2 is 1.13 bits per heavy atom. The fourth-order valence-corrected chi connectivity index (χ4v) is 9.99. The van der Waals surface area contributed by atoms with Crippen LogP contribution in [-0.2, 0) is 33.0 Å². The van der Waals surface area contributed by atoms with Crippen LogP contribution in [0.1, 0.15) is 46.9 Å². The van der Waals surface area contributed by atoms with Gasteiger partial charge in [0.1, 0.15) is 23.9 Å². The van der Waals surface area contributed by atoms with E-state index in [1.165, 1.54) is 34.1 Å². The minimum absolute atomic E-state index is 0.0203. The Hall–Kier alpha value is -5.58. The number of nitrogens with zero attached hydrogens (tertiary/aromatic N) is 3. The topological polar surface area (TPSA) is 230 Å². The van der Waals surface area contributed by atoms with Crippen LogP contribution in [0, 0.1) is 0 Å². The van der Waals surface area contributed by atoms with Gasteiger partial charge in [-0.15, -0.1) is 23.2 Å². The maximum absolute atomic E-state index is 14.0. The first-order valence-corrected chi connectivity index (χ1v) is 25.1. The lowest BCUT2D eigenvalue weighted by atomic mass is 9.95. The molecule has 3 aliphatic rings. The molecule has 67 heavy (non-hydrogen) atoms. The van der Waals surface area contributed by atoms with E-state index in [9.17, 15) is 47.9 Å². The SMILES string of the molecule is O=C1CCC(=O)N1CCOCCOc1cc(/C=C/C(=O)N2C[C@@H](CCl)c3c2cc(OP(=O)(O)O)c2ccccc32)ccc1/C=C/C(=O)N1C[C@@H](CCl)c2c1cc(OP(=O)(O)O)c1ccccc21. The van der Waals surface area contributed by atoms with Crippen molar-refractivity contribution in [3.8, 4) is 17.2 Å². The average molecular weight is 995 g/mol. The zero-order valence-corrected chi connectivity index (χ0v) is 38.7. The van der Waals surface area contributed by atoms with Gasteiger partial charge in [-0.3, -0.25) is 43.7 Å². The number of carbonyl (C=O) groups is 4. The largest absolute Gasteiger partial charge is 0.524 e. The number of amides is 4. The Balaban J connectivity index is 1.05. The second kappa shape index (κ2) is 19.9. The Labute approximate surface area is 393 Å². The summed E-state index contributed by atoms with van der Waals surface area (Å²) in [5, 5.41) is 2.17. The van der Waals surface area contributed by atoms with Crippen LogP contribution in [0.2, 0.25) is 0 Å². The van der Waals surface area contributed by atoms with Crippen molar-refractivity contribution in [2.75, 3.05) is 61.0 Å². The molecule has 8 rings (SSSR count). The molecule has 0 spiro atoms. The number of imide groups is 1. The minimum Gasteiger partial charge on any atom is -0.491 e. The van der Waals surface area contributed by atoms with Crippen molar-refractivity contribution in [3.63, 3.8) is 0 Å². The molecule has 1 fully saturated rings. The van der Waals surface area contributed by atoms with Gasteiger partial charge in [-0.2, -0.15) is 0 Å². The summed E-state index contributed by atoms with van der Waals surface area (Å²) in [5.74, 6) is -1.58. The molecule has 1 saturated heterocycles. The highest BCUT2D eigenvalue weighted by Gasteiger charge is 2.37. The first-order valence-electron chi connectivity index (χ1n) is 20.9. The van der Waals surface area contributed by atoms with Gasteiger partial charge in [0.15, 0.2) is 0 Å². The highest BCUT2D eigenvalue weighted by Crippen LogP contribution is 2.51. The molecule has 4 N–H and O–H groups in total. The second-order valence-electron chi connectivity index (χ2n) is 15.8. The van der Waals surface area contributed by atoms with Crippen LogP contribution in [0.15, 0.2) is 91.0 Å². The van der Waals surface area contributed by atoms with Gasteiger partial charge in [0.25, 0.3) is 11.8 Å². The molecule has 0 saturated carbocycles. The standard InChI is InChI=1S/C46H43Cl2N3O14P2/c47-24-30-26-50(36-22-39(64-66(56,57)58)32-5-1-3-7-34(32)45(30)36)43(54)13-10-28-9-11-29(38(21-28)63-20-19-62-18-17-49-41(52)15-16-42(49)53)12-14-44(55)51-27-31(25-48)46-35-8-4-2-6-33(35)40(23-37(46)51)65-67(59,60)61/h1-14,21-23,30-31H,15-20,24-27H2,(H2,56,57,58)(H2,59,60,61)/b13-10+,14-12+/t30-,31-/m1/s1. The van der Waals surface area contributed by atoms with E-state index in [0.29, 0.717) is 49.8 Å². The molecule has 2 atom stereocenters. The third kappa shape index (κ3) is 10.6. The minimum atomic E-state index is -4.98. The number of hydrogen-bond acceptors (Lipinski definition) is 10. The summed E-state index contributed by atoms with van der Waals surface area (Å²) in [4.78, 5) is 94.8. The Morgan fingerprint density at radius 1 is 0.642 bits per heavy atom. The van der Waals surface area contributed by atoms with Crippen molar-refractivity contribution < 1.29 is 66.4 Å². The number of benzene rings is 5. The van der Waals surface area contributed by atoms with Crippen molar-refractivity contribution in [1.82, 2.24) is 4.90 Å². The molecule has 21 heteroatoms. The number of ether oxygens (including phenoxy) is 2. The molecule has 4 amide bonds. The van der Waals surface area contributed by atoms with E-state index in [-0.39, 0.29) is 99.2 Å². The van der Waals surface area contributed by atoms with Gasteiger partial charge >= 0.3 is 15.6 Å². The van der Waals surface area contributed by atoms with Crippen molar-refractivity contribution in [3.05, 3.63) is 113 Å². The summed E-state index contributed by atoms with van der Waals surface area (Å²) in [6.45, 7) is 0.672. The van der Waals surface area contributed by atoms with E-state index in [1.54, 1.807) is 78.9 Å². The van der Waals surface area contributed by atoms with Gasteiger partial charge in [0.05, 0.1) is 31.1 Å². The first-order chi connectivity index (χ1) is 32.0. The maximum Gasteiger partial charge on any atom is 0.524 e. The quantitative estimate of drug-likeness (QED) is 0.0237. The number of halogens is 2. The molecule has 3 aliphatic heterocycles. The Kier molecular flexibility index (Phi) is 14.3. The lowest BCUT2D eigenvalue weighted by Crippen LogP contribution is -2.32. The van der Waals surface area contributed by atoms with Gasteiger partial charge in [0, 0.05) is 90.1 Å². The molecule has 17 nitrogen and oxygen atoms in total. The number of phosphoric acid groups is 2. The number of phosphoric ester groups is 2. The van der Waals surface area contributed by atoms with E-state index >= 15 is 0 Å². The van der Waals surface area contributed by atoms with Crippen LogP contribution in [-0.4, -0.2) is 99.3 Å². The van der Waals surface area contributed by atoms with E-state index in [0.717, 1.165) is 16.0 Å². The lowest BCUT2D eigenvalue weighted by molar-refractivity contribution is -0.139. The molecule has 5 aromatic carbocycles. The summed E-state index contributed by atoms with van der Waals surface area (Å²) in [6, 6.07) is 21.7. The Bertz CT molecular complexity index is 2940. The number of anilines is 2. The van der Waals surface area contributed by atoms with E-state index in [4.69, 9.17) is 41.7 Å². The van der Waals surface area contributed by atoms with Crippen LogP contribution in [0.5, 0.6) is 17.2 Å². The van der Waals surface area contributed by atoms with Gasteiger partial charge in [0.2, 0.25) is 11.8 Å². The molecule has 0 aliphatic carbocycles. The zero-order chi connectivity index (χ0) is 47.6. The number of likely N-dealkylation sites (tertiary alicyclic amines) is 1. The van der Waals surface area contributed by atoms with Crippen molar-refractivity contribution in [2.45, 2.75) is 24.7 Å². The number of rotatable bonds is 17. The third-order valence-corrected chi connectivity index (χ3v) is 13.2. The summed E-state index contributed by atoms with van der Waals surface area (Å²) in [7, 11) is -9.94. The number of fused-ring (bicyclic) bond motifs is 6. The molecule has 350 valence electrons. The molecular formula is C46H43Cl2N3O14P2. The highest BCUT2D eigenvalue weighted by atomic mass is 35.5. The normalized spacial score (nSPS) is 17.4. The van der Waals surface area contributed by atoms with Gasteiger partial charge in [-0.1, -0.05) is 60.7 Å². The molecule has 3 heterocycles. The van der Waals surface area contributed by atoms with Crippen molar-refractivity contribution >= 4 is 108 Å². The fraction of sp³-hybridized carbons (Fsp3) is 0.261. The fourth-order valence-electron chi connectivity index (χ4n) is 8.67. The predicted octanol–water partition coefficient (Wildman–Crippen LogP) is 7.25. The van der Waals surface area contributed by atoms with Crippen molar-refractivity contribution in [1.29, 1.82) is 0 Å². The summed E-state index contributed by atoms with van der Waals surface area (Å²) >= 11 is 12.8. The first kappa shape index (κ1) is 47.9. The highest BCUT2D eigenvalue weighted by molar-refractivity contribution is 7.47. The molecule has 0 unspecified atom stereocenters. The van der Waals surface area contributed by atoms with Gasteiger partial charge in [-0.05, 0) is 45.7 Å². The maximum atomic E-state index is 14.0. The lowest BCUT2D eigenvalue weighted by Gasteiger charge is -2.18. The number of carbonyl (C=O) groups excluding carboxylic acids is 4. The summed E-state index contributed by atoms with van der Waals surface area (Å²) in [5.41, 5.74) is 3.25. The van der Waals surface area contributed by atoms with Crippen LogP contribution < -0.4 is 23.6 Å². The monoisotopic (exact) mass is 993 g/mol. The van der Waals surface area contributed by atoms with Crippen molar-refractivity contribution in [2.24, 2.45) is 0 Å². The van der Waals surface area contributed by atoms with Crippen LogP contribution in [0.3, 0.4) is 0 Å². The van der Waals surface area contributed by atoms with E-state index in [1.807, 2.05) is 0 Å². The molecule has 0 bridgehead atoms. The smallest absolute Gasteiger partial charge is 0.491 e. The molecule has 5 aromatic rings. The van der Waals surface area contributed by atoms with Crippen LogP contribution >= 0.6 is 38.8 Å². The average Bonchev–Trinajstić information content (AvgIpc) is 3.97. The zero-order valence-electron chi connectivity index (χ0n) is 35.4. The molecule has 0 aromatic heterocycles. The molecular weight excluding hydrogens is 951 g/mol. The molecule has 0 radical (unpaired) electrons. The summed E-state index contributed by atoms with van der Waals surface area (Å²) in [6.07, 6.45) is 6.11. The van der Waals surface area contributed by atoms with Gasteiger partial charge < -0.3 is 28.3 Å². The second-order valence-corrected chi connectivity index (χ2v) is 18.8. The van der Waals surface area contributed by atoms with Crippen LogP contribution in [0.4, 0.5) is 11.4 Å². The van der Waals surface area contributed by atoms with E-state index < -0.39 is 27.5 Å². The van der Waals surface area contributed by atoms with Gasteiger partial charge in [-0.25, -0.2) is 9.13 Å². The predicted molar refractivity (Wildman–Crippen MR) is 252 cm³/mol.